The van der Waals surface area contributed by atoms with Crippen molar-refractivity contribution in [1.82, 2.24) is 10.3 Å². The van der Waals surface area contributed by atoms with E-state index in [4.69, 9.17) is 16.3 Å². The van der Waals surface area contributed by atoms with Gasteiger partial charge in [0.25, 0.3) is 0 Å². The van der Waals surface area contributed by atoms with Gasteiger partial charge in [-0.15, -0.1) is 0 Å². The first kappa shape index (κ1) is 20.7. The molecular formula is C25H27ClN2O2. The standard InChI is InChI=1S/C25H27ClN2O2/c1-17(28-18(2)29)3-4-19-5-8-24(27-16-19)30-23-7-6-21(15-22(23)26)20-9-11-25(12-10-20)13-14-25/h3-9,15-17H,10-14H2,1-2H3,(H,28,29)/b4-3+/t17-/m0/s1. The molecule has 2 aliphatic rings. The maximum absolute atomic E-state index is 11.1. The molecular weight excluding hydrogens is 396 g/mol. The Morgan fingerprint density at radius 2 is 2.10 bits per heavy atom. The van der Waals surface area contributed by atoms with Crippen LogP contribution in [-0.4, -0.2) is 16.9 Å². The predicted molar refractivity (Wildman–Crippen MR) is 122 cm³/mol. The number of amides is 1. The third-order valence-corrected chi connectivity index (χ3v) is 6.24. The molecule has 1 aromatic heterocycles. The number of hydrogen-bond acceptors (Lipinski definition) is 3. The Labute approximate surface area is 183 Å². The molecule has 4 rings (SSSR count). The number of halogens is 1. The molecule has 1 N–H and O–H groups in total. The Kier molecular flexibility index (Phi) is 5.96. The van der Waals surface area contributed by atoms with Gasteiger partial charge in [0.05, 0.1) is 5.02 Å². The molecule has 1 aromatic carbocycles. The van der Waals surface area contributed by atoms with Gasteiger partial charge in [-0.2, -0.15) is 0 Å². The van der Waals surface area contributed by atoms with Crippen molar-refractivity contribution >= 4 is 29.2 Å². The molecule has 1 spiro atoms. The number of allylic oxidation sites excluding steroid dienone is 2. The molecule has 0 saturated heterocycles. The van der Waals surface area contributed by atoms with E-state index >= 15 is 0 Å². The van der Waals surface area contributed by atoms with Crippen LogP contribution < -0.4 is 10.1 Å². The van der Waals surface area contributed by atoms with E-state index in [-0.39, 0.29) is 11.9 Å². The van der Waals surface area contributed by atoms with E-state index in [2.05, 4.69) is 22.4 Å². The fraction of sp³-hybridized carbons (Fsp3) is 0.360. The maximum atomic E-state index is 11.1. The number of rotatable bonds is 6. The lowest BCUT2D eigenvalue weighted by molar-refractivity contribution is -0.119. The number of nitrogens with zero attached hydrogens (tertiary/aromatic N) is 1. The lowest BCUT2D eigenvalue weighted by Gasteiger charge is -2.21. The minimum atomic E-state index is -0.0523. The van der Waals surface area contributed by atoms with Gasteiger partial charge < -0.3 is 10.1 Å². The average molecular weight is 423 g/mol. The molecule has 1 heterocycles. The van der Waals surface area contributed by atoms with Crippen molar-refractivity contribution in [2.45, 2.75) is 52.0 Å². The molecule has 0 unspecified atom stereocenters. The van der Waals surface area contributed by atoms with Crippen molar-refractivity contribution in [3.63, 3.8) is 0 Å². The molecule has 5 heteroatoms. The van der Waals surface area contributed by atoms with E-state index in [9.17, 15) is 4.79 Å². The fourth-order valence-electron chi connectivity index (χ4n) is 3.91. The molecule has 156 valence electrons. The Morgan fingerprint density at radius 3 is 2.70 bits per heavy atom. The highest BCUT2D eigenvalue weighted by atomic mass is 35.5. The molecule has 2 aromatic rings. The van der Waals surface area contributed by atoms with E-state index in [0.29, 0.717) is 22.1 Å². The van der Waals surface area contributed by atoms with Gasteiger partial charge in [-0.3, -0.25) is 4.79 Å². The summed E-state index contributed by atoms with van der Waals surface area (Å²) < 4.78 is 5.88. The normalized spacial score (nSPS) is 18.2. The number of pyridine rings is 1. The van der Waals surface area contributed by atoms with Crippen LogP contribution in [0.5, 0.6) is 11.6 Å². The van der Waals surface area contributed by atoms with Crippen molar-refractivity contribution in [3.05, 3.63) is 64.8 Å². The number of benzene rings is 1. The van der Waals surface area contributed by atoms with Crippen LogP contribution in [0.2, 0.25) is 5.02 Å². The summed E-state index contributed by atoms with van der Waals surface area (Å²) in [7, 11) is 0. The summed E-state index contributed by atoms with van der Waals surface area (Å²) in [5, 5.41) is 3.40. The number of ether oxygens (including phenoxy) is 1. The zero-order chi connectivity index (χ0) is 21.1. The molecule has 1 saturated carbocycles. The van der Waals surface area contributed by atoms with Crippen LogP contribution in [0.4, 0.5) is 0 Å². The minimum Gasteiger partial charge on any atom is -0.437 e. The number of carbonyl (C=O) groups excluding carboxylic acids is 1. The largest absolute Gasteiger partial charge is 0.437 e. The highest BCUT2D eigenvalue weighted by Gasteiger charge is 2.42. The van der Waals surface area contributed by atoms with Gasteiger partial charge in [0, 0.05) is 25.2 Å². The van der Waals surface area contributed by atoms with Crippen molar-refractivity contribution < 1.29 is 9.53 Å². The molecule has 0 bridgehead atoms. The van der Waals surface area contributed by atoms with E-state index in [1.54, 1.807) is 6.20 Å². The van der Waals surface area contributed by atoms with Crippen molar-refractivity contribution in [1.29, 1.82) is 0 Å². The summed E-state index contributed by atoms with van der Waals surface area (Å²) in [5.41, 5.74) is 4.14. The van der Waals surface area contributed by atoms with Crippen molar-refractivity contribution in [3.8, 4) is 11.6 Å². The first-order valence-corrected chi connectivity index (χ1v) is 10.9. The number of nitrogens with one attached hydrogen (secondary N) is 1. The molecule has 1 amide bonds. The SMILES string of the molecule is CC(=O)N[C@@H](C)/C=C/c1ccc(Oc2ccc(C3=CCC4(CC3)CC4)cc2Cl)nc1. The van der Waals surface area contributed by atoms with E-state index in [0.717, 1.165) is 12.0 Å². The zero-order valence-electron chi connectivity index (χ0n) is 17.5. The molecule has 2 aliphatic carbocycles. The Morgan fingerprint density at radius 1 is 1.27 bits per heavy atom. The summed E-state index contributed by atoms with van der Waals surface area (Å²) >= 11 is 6.50. The van der Waals surface area contributed by atoms with Gasteiger partial charge in [-0.05, 0) is 79.3 Å². The summed E-state index contributed by atoms with van der Waals surface area (Å²) in [6, 6.07) is 9.69. The summed E-state index contributed by atoms with van der Waals surface area (Å²) in [6.45, 7) is 3.42. The van der Waals surface area contributed by atoms with Crippen molar-refractivity contribution in [2.75, 3.05) is 0 Å². The van der Waals surface area contributed by atoms with E-state index in [1.165, 1.54) is 43.7 Å². The summed E-state index contributed by atoms with van der Waals surface area (Å²) in [4.78, 5) is 15.4. The van der Waals surface area contributed by atoms with Gasteiger partial charge in [0.1, 0.15) is 5.75 Å². The lowest BCUT2D eigenvalue weighted by atomic mass is 9.84. The second-order valence-electron chi connectivity index (χ2n) is 8.46. The second kappa shape index (κ2) is 8.65. The molecule has 30 heavy (non-hydrogen) atoms. The summed E-state index contributed by atoms with van der Waals surface area (Å²) in [5.74, 6) is 1.04. The fourth-order valence-corrected chi connectivity index (χ4v) is 4.13. The molecule has 0 aliphatic heterocycles. The van der Waals surface area contributed by atoms with E-state index in [1.807, 2.05) is 43.3 Å². The third-order valence-electron chi connectivity index (χ3n) is 5.95. The van der Waals surface area contributed by atoms with Gasteiger partial charge in [0.15, 0.2) is 0 Å². The van der Waals surface area contributed by atoms with Crippen LogP contribution in [0.3, 0.4) is 0 Å². The monoisotopic (exact) mass is 422 g/mol. The Hall–Kier alpha value is -2.59. The highest BCUT2D eigenvalue weighted by molar-refractivity contribution is 6.32. The molecule has 1 fully saturated rings. The molecule has 0 radical (unpaired) electrons. The lowest BCUT2D eigenvalue weighted by Crippen LogP contribution is -2.28. The van der Waals surface area contributed by atoms with Gasteiger partial charge in [-0.1, -0.05) is 35.9 Å². The van der Waals surface area contributed by atoms with Gasteiger partial charge >= 0.3 is 0 Å². The van der Waals surface area contributed by atoms with Crippen LogP contribution in [-0.2, 0) is 4.79 Å². The summed E-state index contributed by atoms with van der Waals surface area (Å²) in [6.07, 6.45) is 14.4. The highest BCUT2D eigenvalue weighted by Crippen LogP contribution is 2.56. The van der Waals surface area contributed by atoms with Crippen LogP contribution in [0.1, 0.15) is 57.1 Å². The number of hydrogen-bond donors (Lipinski definition) is 1. The topological polar surface area (TPSA) is 51.2 Å². The van der Waals surface area contributed by atoms with Gasteiger partial charge in [0.2, 0.25) is 11.8 Å². The number of carbonyl (C=O) groups is 1. The maximum Gasteiger partial charge on any atom is 0.219 e. The minimum absolute atomic E-state index is 0.0372. The smallest absolute Gasteiger partial charge is 0.219 e. The zero-order valence-corrected chi connectivity index (χ0v) is 18.2. The third kappa shape index (κ3) is 5.11. The molecule has 1 atom stereocenters. The average Bonchev–Trinajstić information content (AvgIpc) is 3.48. The second-order valence-corrected chi connectivity index (χ2v) is 8.87. The van der Waals surface area contributed by atoms with Crippen LogP contribution in [0, 0.1) is 5.41 Å². The van der Waals surface area contributed by atoms with Crippen LogP contribution in [0.15, 0.2) is 48.7 Å². The van der Waals surface area contributed by atoms with Gasteiger partial charge in [-0.25, -0.2) is 4.98 Å². The van der Waals surface area contributed by atoms with E-state index < -0.39 is 0 Å². The van der Waals surface area contributed by atoms with Crippen LogP contribution in [0.25, 0.3) is 11.6 Å². The predicted octanol–water partition coefficient (Wildman–Crippen LogP) is 6.41. The van der Waals surface area contributed by atoms with Crippen molar-refractivity contribution in [2.24, 2.45) is 5.41 Å². The Bertz CT molecular complexity index is 991. The first-order valence-electron chi connectivity index (χ1n) is 10.5. The number of aromatic nitrogens is 1. The van der Waals surface area contributed by atoms with Crippen LogP contribution >= 0.6 is 11.6 Å². The molecule has 4 nitrogen and oxygen atoms in total. The quantitative estimate of drug-likeness (QED) is 0.584. The Balaban J connectivity index is 1.39. The first-order chi connectivity index (χ1) is 14.4.